The molecule has 1 aromatic carbocycles. The summed E-state index contributed by atoms with van der Waals surface area (Å²) in [4.78, 5) is 4.29. The first-order chi connectivity index (χ1) is 13.5. The van der Waals surface area contributed by atoms with Gasteiger partial charge >= 0.3 is 0 Å². The van der Waals surface area contributed by atoms with Crippen molar-refractivity contribution in [1.29, 1.82) is 0 Å². The standard InChI is InChI=1S/C22H23N2O/c1-13(2)19-10-22-18(11-23-19)17-8-15(4)16(9-21(17)25-22)20-7-6-14(3)12-24(20)5/h6-13H,1-5H3/q+1/i1D3,13D. The molecule has 0 aliphatic heterocycles. The number of aryl methyl sites for hydroxylation is 3. The molecule has 3 heterocycles. The van der Waals surface area contributed by atoms with Gasteiger partial charge in [0.1, 0.15) is 18.2 Å². The molecule has 0 aliphatic rings. The fraction of sp³-hybridized carbons (Fsp3) is 0.273. The highest BCUT2D eigenvalue weighted by Gasteiger charge is 2.17. The van der Waals surface area contributed by atoms with Crippen LogP contribution in [0.15, 0.2) is 47.1 Å². The molecule has 25 heavy (non-hydrogen) atoms. The molecule has 0 aliphatic carbocycles. The number of hydrogen-bond donors (Lipinski definition) is 0. The zero-order valence-electron chi connectivity index (χ0n) is 18.8. The van der Waals surface area contributed by atoms with Gasteiger partial charge in [-0.25, -0.2) is 4.57 Å². The average molecular weight is 335 g/mol. The quantitative estimate of drug-likeness (QED) is 0.471. The Morgan fingerprint density at radius 3 is 2.72 bits per heavy atom. The SMILES string of the molecule is [2H]C([2H])([2H])C([2H])(C)c1cc2oc3cc(-c4ccc(C)c[n+]4C)c(C)cc3c2cn1. The number of nitrogens with zero attached hydrogens (tertiary/aromatic N) is 2. The highest BCUT2D eigenvalue weighted by atomic mass is 16.3. The Kier molecular flexibility index (Phi) is 2.69. The van der Waals surface area contributed by atoms with Crippen LogP contribution in [0.25, 0.3) is 33.2 Å². The van der Waals surface area contributed by atoms with Crippen LogP contribution in [0.1, 0.15) is 42.0 Å². The summed E-state index contributed by atoms with van der Waals surface area (Å²) < 4.78 is 39.4. The van der Waals surface area contributed by atoms with Crippen LogP contribution in [0.2, 0.25) is 0 Å². The van der Waals surface area contributed by atoms with Gasteiger partial charge in [0.2, 0.25) is 5.69 Å². The first kappa shape index (κ1) is 11.8. The number of pyridine rings is 2. The monoisotopic (exact) mass is 335 g/mol. The second-order valence-electron chi connectivity index (χ2n) is 6.66. The van der Waals surface area contributed by atoms with Gasteiger partial charge in [0, 0.05) is 45.8 Å². The van der Waals surface area contributed by atoms with E-state index in [2.05, 4.69) is 47.8 Å². The Hall–Kier alpha value is -2.68. The predicted octanol–water partition coefficient (Wildman–Crippen LogP) is 5.21. The van der Waals surface area contributed by atoms with Crippen LogP contribution in [0, 0.1) is 13.8 Å². The van der Waals surface area contributed by atoms with Crippen molar-refractivity contribution in [1.82, 2.24) is 4.98 Å². The van der Waals surface area contributed by atoms with Crippen molar-refractivity contribution in [2.24, 2.45) is 7.05 Å². The maximum Gasteiger partial charge on any atom is 0.212 e. The second-order valence-corrected chi connectivity index (χ2v) is 6.66. The summed E-state index contributed by atoms with van der Waals surface area (Å²) in [6.45, 7) is 2.99. The first-order valence-electron chi connectivity index (χ1n) is 10.3. The number of fused-ring (bicyclic) bond motifs is 3. The van der Waals surface area contributed by atoms with E-state index in [4.69, 9.17) is 9.90 Å². The molecule has 126 valence electrons. The van der Waals surface area contributed by atoms with Crippen LogP contribution in [0.5, 0.6) is 0 Å². The lowest BCUT2D eigenvalue weighted by Gasteiger charge is -2.05. The average Bonchev–Trinajstić information content (AvgIpc) is 2.97. The molecule has 0 fully saturated rings. The Morgan fingerprint density at radius 2 is 1.96 bits per heavy atom. The highest BCUT2D eigenvalue weighted by Crippen LogP contribution is 2.34. The molecule has 4 aromatic rings. The number of aromatic nitrogens is 2. The number of furan rings is 1. The molecule has 0 radical (unpaired) electrons. The van der Waals surface area contributed by atoms with Crippen molar-refractivity contribution in [3.63, 3.8) is 0 Å². The molecule has 3 nitrogen and oxygen atoms in total. The lowest BCUT2D eigenvalue weighted by atomic mass is 10.0. The minimum atomic E-state index is -2.48. The van der Waals surface area contributed by atoms with Crippen molar-refractivity contribution in [3.8, 4) is 11.3 Å². The zero-order valence-corrected chi connectivity index (χ0v) is 14.8. The third-order valence-electron chi connectivity index (χ3n) is 4.64. The van der Waals surface area contributed by atoms with Gasteiger partial charge in [-0.1, -0.05) is 13.8 Å². The molecule has 1 unspecified atom stereocenters. The van der Waals surface area contributed by atoms with E-state index in [-0.39, 0.29) is 5.69 Å². The van der Waals surface area contributed by atoms with Gasteiger partial charge in [-0.3, -0.25) is 4.98 Å². The number of benzene rings is 1. The highest BCUT2D eigenvalue weighted by molar-refractivity contribution is 6.06. The van der Waals surface area contributed by atoms with Gasteiger partial charge in [-0.15, -0.1) is 0 Å². The summed E-state index contributed by atoms with van der Waals surface area (Å²) in [5, 5.41) is 1.74. The predicted molar refractivity (Wildman–Crippen MR) is 102 cm³/mol. The summed E-state index contributed by atoms with van der Waals surface area (Å²) in [6.07, 6.45) is 3.69. The van der Waals surface area contributed by atoms with Crippen molar-refractivity contribution < 1.29 is 14.5 Å². The summed E-state index contributed by atoms with van der Waals surface area (Å²) in [7, 11) is 2.02. The van der Waals surface area contributed by atoms with Gasteiger partial charge < -0.3 is 4.42 Å². The Bertz CT molecular complexity index is 1260. The summed E-state index contributed by atoms with van der Waals surface area (Å²) in [6, 6.07) is 9.83. The minimum absolute atomic E-state index is 0.172. The molecular weight excluding hydrogens is 308 g/mol. The number of hydrogen-bond acceptors (Lipinski definition) is 2. The number of rotatable bonds is 2. The summed E-state index contributed by atoms with van der Waals surface area (Å²) >= 11 is 0. The minimum Gasteiger partial charge on any atom is -0.456 e. The van der Waals surface area contributed by atoms with Crippen molar-refractivity contribution in [2.75, 3.05) is 0 Å². The van der Waals surface area contributed by atoms with Crippen LogP contribution >= 0.6 is 0 Å². The van der Waals surface area contributed by atoms with Gasteiger partial charge in [0.25, 0.3) is 0 Å². The fourth-order valence-electron chi connectivity index (χ4n) is 3.33. The van der Waals surface area contributed by atoms with E-state index in [1.165, 1.54) is 12.5 Å². The first-order valence-corrected chi connectivity index (χ1v) is 8.29. The van der Waals surface area contributed by atoms with Gasteiger partial charge in [0.05, 0.1) is 5.56 Å². The van der Waals surface area contributed by atoms with Crippen LogP contribution in [0.4, 0.5) is 0 Å². The molecule has 0 saturated heterocycles. The van der Waals surface area contributed by atoms with Gasteiger partial charge in [0.15, 0.2) is 6.20 Å². The maximum absolute atomic E-state index is 8.28. The molecule has 1 atom stereocenters. The summed E-state index contributed by atoms with van der Waals surface area (Å²) in [5.41, 5.74) is 5.86. The van der Waals surface area contributed by atoms with E-state index < -0.39 is 12.7 Å². The van der Waals surface area contributed by atoms with Crippen LogP contribution < -0.4 is 4.57 Å². The van der Waals surface area contributed by atoms with E-state index in [1.807, 2.05) is 13.1 Å². The van der Waals surface area contributed by atoms with Crippen LogP contribution in [-0.4, -0.2) is 4.98 Å². The van der Waals surface area contributed by atoms with Crippen molar-refractivity contribution in [2.45, 2.75) is 33.5 Å². The topological polar surface area (TPSA) is 29.9 Å². The molecule has 3 aromatic heterocycles. The molecule has 0 spiro atoms. The van der Waals surface area contributed by atoms with Crippen molar-refractivity contribution in [3.05, 3.63) is 59.5 Å². The Balaban J connectivity index is 1.91. The Morgan fingerprint density at radius 1 is 1.16 bits per heavy atom. The van der Waals surface area contributed by atoms with E-state index in [0.29, 0.717) is 11.2 Å². The normalized spacial score (nSPS) is 17.0. The molecule has 4 rings (SSSR count). The van der Waals surface area contributed by atoms with Crippen LogP contribution in [0.3, 0.4) is 0 Å². The zero-order chi connectivity index (χ0) is 21.1. The van der Waals surface area contributed by atoms with Gasteiger partial charge in [-0.2, -0.15) is 0 Å². The van der Waals surface area contributed by atoms with E-state index in [1.54, 1.807) is 12.3 Å². The molecule has 0 amide bonds. The van der Waals surface area contributed by atoms with Crippen molar-refractivity contribution >= 4 is 21.9 Å². The van der Waals surface area contributed by atoms with E-state index in [9.17, 15) is 0 Å². The molecule has 3 heteroatoms. The van der Waals surface area contributed by atoms with Gasteiger partial charge in [-0.05, 0) is 43.5 Å². The largest absolute Gasteiger partial charge is 0.456 e. The van der Waals surface area contributed by atoms with E-state index in [0.717, 1.165) is 27.6 Å². The third kappa shape index (κ3) is 2.60. The lowest BCUT2D eigenvalue weighted by Crippen LogP contribution is -2.31. The summed E-state index contributed by atoms with van der Waals surface area (Å²) in [5.74, 6) is -1.81. The molecule has 0 N–H and O–H groups in total. The van der Waals surface area contributed by atoms with E-state index >= 15 is 0 Å². The fourth-order valence-corrected chi connectivity index (χ4v) is 3.33. The maximum atomic E-state index is 8.28. The smallest absolute Gasteiger partial charge is 0.212 e. The molecular formula is C22H23N2O+. The molecule has 0 bridgehead atoms. The van der Waals surface area contributed by atoms with Crippen LogP contribution in [-0.2, 0) is 7.05 Å². The lowest BCUT2D eigenvalue weighted by molar-refractivity contribution is -0.660. The molecule has 0 saturated carbocycles. The third-order valence-corrected chi connectivity index (χ3v) is 4.64. The Labute approximate surface area is 153 Å². The second kappa shape index (κ2) is 5.69.